The number of nitrogens with zero attached hydrogens (tertiary/aromatic N) is 1. The van der Waals surface area contributed by atoms with Gasteiger partial charge in [-0.05, 0) is 19.8 Å². The van der Waals surface area contributed by atoms with Crippen molar-refractivity contribution in [1.29, 1.82) is 0 Å². The highest BCUT2D eigenvalue weighted by Crippen LogP contribution is 2.18. The molecule has 0 spiro atoms. The molecule has 0 aromatic rings. The van der Waals surface area contributed by atoms with Crippen LogP contribution in [0.15, 0.2) is 0 Å². The van der Waals surface area contributed by atoms with Crippen molar-refractivity contribution in [2.24, 2.45) is 5.92 Å². The molecule has 1 saturated heterocycles. The fraction of sp³-hybridized carbons (Fsp3) is 0.900. The van der Waals surface area contributed by atoms with Gasteiger partial charge in [0.1, 0.15) is 0 Å². The van der Waals surface area contributed by atoms with Crippen LogP contribution in [0, 0.1) is 5.92 Å². The summed E-state index contributed by atoms with van der Waals surface area (Å²) in [6, 6.07) is 0. The van der Waals surface area contributed by atoms with Gasteiger partial charge in [-0.1, -0.05) is 0 Å². The van der Waals surface area contributed by atoms with Gasteiger partial charge in [0.2, 0.25) is 0 Å². The van der Waals surface area contributed by atoms with E-state index in [4.69, 9.17) is 5.11 Å². The quantitative estimate of drug-likeness (QED) is 0.680. The Balaban J connectivity index is 2.61. The van der Waals surface area contributed by atoms with E-state index < -0.39 is 32.9 Å². The molecule has 1 rings (SSSR count). The molecule has 112 valence electrons. The summed E-state index contributed by atoms with van der Waals surface area (Å²) in [5.74, 6) is -1.62. The molecular formula is C10H20N2O5S2. The molecule has 3 unspecified atom stereocenters. The number of hydrogen-bond donors (Lipinski definition) is 2. The Morgan fingerprint density at radius 2 is 2.21 bits per heavy atom. The van der Waals surface area contributed by atoms with Crippen molar-refractivity contribution in [2.75, 3.05) is 25.9 Å². The standard InChI is InChI=1S/C10H20N2O5S2/c1-8(18(2)15)6-11-19(16,17)12-5-3-4-9(7-12)10(13)14/h8-9,11H,3-7H2,1-2H3,(H,13,14). The summed E-state index contributed by atoms with van der Waals surface area (Å²) in [6.07, 6.45) is 2.55. The van der Waals surface area contributed by atoms with Crippen molar-refractivity contribution >= 4 is 27.0 Å². The van der Waals surface area contributed by atoms with Crippen LogP contribution in [0.2, 0.25) is 0 Å². The lowest BCUT2D eigenvalue weighted by molar-refractivity contribution is -0.142. The topological polar surface area (TPSA) is 104 Å². The second-order valence-electron chi connectivity index (χ2n) is 4.70. The minimum Gasteiger partial charge on any atom is -0.481 e. The molecule has 0 saturated carbocycles. The highest BCUT2D eigenvalue weighted by molar-refractivity contribution is 7.87. The molecule has 0 aromatic heterocycles. The van der Waals surface area contributed by atoms with Gasteiger partial charge in [-0.3, -0.25) is 9.00 Å². The molecule has 7 nitrogen and oxygen atoms in total. The van der Waals surface area contributed by atoms with Gasteiger partial charge in [-0.15, -0.1) is 0 Å². The molecular weight excluding hydrogens is 292 g/mol. The van der Waals surface area contributed by atoms with E-state index in [1.165, 1.54) is 6.26 Å². The summed E-state index contributed by atoms with van der Waals surface area (Å²) < 4.78 is 38.7. The maximum absolute atomic E-state index is 12.0. The van der Waals surface area contributed by atoms with Crippen molar-refractivity contribution in [3.8, 4) is 0 Å². The molecule has 1 aliphatic rings. The number of carboxylic acid groups (broad SMARTS) is 1. The van der Waals surface area contributed by atoms with E-state index in [-0.39, 0.29) is 18.3 Å². The number of aliphatic carboxylic acids is 1. The summed E-state index contributed by atoms with van der Waals surface area (Å²) >= 11 is 0. The molecule has 1 heterocycles. The van der Waals surface area contributed by atoms with Crippen molar-refractivity contribution in [3.05, 3.63) is 0 Å². The average Bonchev–Trinajstić information content (AvgIpc) is 2.36. The van der Waals surface area contributed by atoms with Crippen molar-refractivity contribution < 1.29 is 22.5 Å². The predicted octanol–water partition coefficient (Wildman–Crippen LogP) is -0.616. The molecule has 2 N–H and O–H groups in total. The number of rotatable bonds is 6. The molecule has 0 aliphatic carbocycles. The zero-order valence-electron chi connectivity index (χ0n) is 11.0. The minimum atomic E-state index is -3.69. The molecule has 19 heavy (non-hydrogen) atoms. The van der Waals surface area contributed by atoms with Gasteiger partial charge in [0.25, 0.3) is 10.2 Å². The molecule has 0 radical (unpaired) electrons. The van der Waals surface area contributed by atoms with Crippen LogP contribution in [0.5, 0.6) is 0 Å². The first kappa shape index (κ1) is 16.5. The fourth-order valence-electron chi connectivity index (χ4n) is 1.79. The first-order valence-corrected chi connectivity index (χ1v) is 9.10. The summed E-state index contributed by atoms with van der Waals surface area (Å²) in [6.45, 7) is 2.09. The Bertz CT molecular complexity index is 451. The largest absolute Gasteiger partial charge is 0.481 e. The Labute approximate surface area is 116 Å². The van der Waals surface area contributed by atoms with Crippen molar-refractivity contribution in [1.82, 2.24) is 9.03 Å². The summed E-state index contributed by atoms with van der Waals surface area (Å²) in [7, 11) is -4.80. The van der Waals surface area contributed by atoms with E-state index >= 15 is 0 Å². The van der Waals surface area contributed by atoms with Gasteiger partial charge in [0.05, 0.1) is 5.92 Å². The lowest BCUT2D eigenvalue weighted by Crippen LogP contribution is -2.48. The third-order valence-electron chi connectivity index (χ3n) is 3.19. The van der Waals surface area contributed by atoms with Crippen LogP contribution >= 0.6 is 0 Å². The Morgan fingerprint density at radius 1 is 1.58 bits per heavy atom. The highest BCUT2D eigenvalue weighted by Gasteiger charge is 2.32. The fourth-order valence-corrected chi connectivity index (χ4v) is 3.61. The van der Waals surface area contributed by atoms with E-state index in [0.29, 0.717) is 19.4 Å². The van der Waals surface area contributed by atoms with Gasteiger partial charge >= 0.3 is 5.97 Å². The molecule has 1 fully saturated rings. The number of carbonyl (C=O) groups is 1. The molecule has 3 atom stereocenters. The van der Waals surface area contributed by atoms with E-state index in [1.807, 2.05) is 0 Å². The smallest absolute Gasteiger partial charge is 0.307 e. The van der Waals surface area contributed by atoms with Crippen LogP contribution in [-0.4, -0.2) is 59.1 Å². The van der Waals surface area contributed by atoms with Crippen molar-refractivity contribution in [3.63, 3.8) is 0 Å². The predicted molar refractivity (Wildman–Crippen MR) is 72.4 cm³/mol. The van der Waals surface area contributed by atoms with Gasteiger partial charge in [-0.2, -0.15) is 12.7 Å². The van der Waals surface area contributed by atoms with Crippen LogP contribution in [0.4, 0.5) is 0 Å². The van der Waals surface area contributed by atoms with E-state index in [9.17, 15) is 17.4 Å². The lowest BCUT2D eigenvalue weighted by Gasteiger charge is -2.30. The summed E-state index contributed by atoms with van der Waals surface area (Å²) in [4.78, 5) is 10.9. The van der Waals surface area contributed by atoms with Gasteiger partial charge in [-0.25, -0.2) is 4.72 Å². The summed E-state index contributed by atoms with van der Waals surface area (Å²) in [5.41, 5.74) is 0. The van der Waals surface area contributed by atoms with Gasteiger partial charge < -0.3 is 5.11 Å². The Morgan fingerprint density at radius 3 is 2.74 bits per heavy atom. The molecule has 1 aliphatic heterocycles. The van der Waals surface area contributed by atoms with Gasteiger partial charge in [0, 0.05) is 41.9 Å². The maximum atomic E-state index is 12.0. The number of piperidine rings is 1. The van der Waals surface area contributed by atoms with E-state index in [2.05, 4.69) is 4.72 Å². The normalized spacial score (nSPS) is 24.8. The third kappa shape index (κ3) is 4.83. The minimum absolute atomic E-state index is 0.00569. The van der Waals surface area contributed by atoms with Crippen LogP contribution < -0.4 is 4.72 Å². The van der Waals surface area contributed by atoms with Crippen LogP contribution in [0.3, 0.4) is 0 Å². The second-order valence-corrected chi connectivity index (χ2v) is 8.26. The molecule has 0 bridgehead atoms. The zero-order chi connectivity index (χ0) is 14.6. The molecule has 9 heteroatoms. The monoisotopic (exact) mass is 312 g/mol. The average molecular weight is 312 g/mol. The number of hydrogen-bond acceptors (Lipinski definition) is 4. The Hall–Kier alpha value is -0.510. The second kappa shape index (κ2) is 6.78. The molecule has 0 aromatic carbocycles. The van der Waals surface area contributed by atoms with Crippen LogP contribution in [0.25, 0.3) is 0 Å². The Kier molecular flexibility index (Phi) is 5.90. The maximum Gasteiger partial charge on any atom is 0.307 e. The lowest BCUT2D eigenvalue weighted by atomic mass is 10.0. The first-order valence-electron chi connectivity index (χ1n) is 6.04. The van der Waals surface area contributed by atoms with E-state index in [0.717, 1.165) is 4.31 Å². The van der Waals surface area contributed by atoms with Gasteiger partial charge in [0.15, 0.2) is 0 Å². The van der Waals surface area contributed by atoms with Crippen LogP contribution in [-0.2, 0) is 25.8 Å². The number of carboxylic acids is 1. The van der Waals surface area contributed by atoms with E-state index in [1.54, 1.807) is 6.92 Å². The van der Waals surface area contributed by atoms with Crippen LogP contribution in [0.1, 0.15) is 19.8 Å². The first-order chi connectivity index (χ1) is 8.74. The third-order valence-corrected chi connectivity index (χ3v) is 6.04. The highest BCUT2D eigenvalue weighted by atomic mass is 32.2. The SMILES string of the molecule is CC(CNS(=O)(=O)N1CCCC(C(=O)O)C1)S(C)=O. The van der Waals surface area contributed by atoms with Crippen molar-refractivity contribution in [2.45, 2.75) is 25.0 Å². The molecule has 0 amide bonds. The summed E-state index contributed by atoms with van der Waals surface area (Å²) in [5, 5.41) is 8.65. The zero-order valence-corrected chi connectivity index (χ0v) is 12.7. The number of nitrogens with one attached hydrogen (secondary N) is 1.